The molecule has 1 aliphatic rings. The number of hydrazone groups is 1. The molecule has 3 aromatic rings. The summed E-state index contributed by atoms with van der Waals surface area (Å²) in [5.74, 6) is -0.505. The summed E-state index contributed by atoms with van der Waals surface area (Å²) in [5.41, 5.74) is 7.12. The lowest BCUT2D eigenvalue weighted by molar-refractivity contribution is -0.119. The van der Waals surface area contributed by atoms with Gasteiger partial charge in [-0.05, 0) is 66.9 Å². The van der Waals surface area contributed by atoms with Crippen molar-refractivity contribution in [3.8, 4) is 0 Å². The van der Waals surface area contributed by atoms with Crippen LogP contribution in [0, 0.1) is 13.8 Å². The number of sulfonamides is 1. The van der Waals surface area contributed by atoms with Gasteiger partial charge in [0.05, 0.1) is 10.6 Å². The van der Waals surface area contributed by atoms with Crippen LogP contribution in [0.5, 0.6) is 0 Å². The molecule has 1 aliphatic heterocycles. The Kier molecular flexibility index (Phi) is 8.63. The maximum Gasteiger partial charge on any atom is 0.264 e. The van der Waals surface area contributed by atoms with E-state index in [4.69, 9.17) is 11.6 Å². The van der Waals surface area contributed by atoms with Gasteiger partial charge in [0.2, 0.25) is 0 Å². The minimum absolute atomic E-state index is 0.0556. The predicted molar refractivity (Wildman–Crippen MR) is 148 cm³/mol. The van der Waals surface area contributed by atoms with Crippen LogP contribution in [0.3, 0.4) is 0 Å². The number of piperidine rings is 1. The number of aryl methyl sites for hydroxylation is 2. The zero-order chi connectivity index (χ0) is 26.4. The van der Waals surface area contributed by atoms with E-state index in [9.17, 15) is 13.2 Å². The average molecular weight is 539 g/mol. The van der Waals surface area contributed by atoms with Crippen molar-refractivity contribution in [2.24, 2.45) is 5.10 Å². The van der Waals surface area contributed by atoms with Crippen molar-refractivity contribution in [1.29, 1.82) is 0 Å². The molecule has 1 N–H and O–H groups in total. The summed E-state index contributed by atoms with van der Waals surface area (Å²) >= 11 is 5.96. The number of hydrogen-bond donors (Lipinski definition) is 1. The number of hydrogen-bond acceptors (Lipinski definition) is 5. The molecule has 3 aromatic carbocycles. The van der Waals surface area contributed by atoms with Gasteiger partial charge in [-0.1, -0.05) is 48.0 Å². The van der Waals surface area contributed by atoms with Crippen LogP contribution in [0.1, 0.15) is 29.5 Å². The van der Waals surface area contributed by atoms with Gasteiger partial charge in [0.15, 0.2) is 0 Å². The van der Waals surface area contributed by atoms with Crippen molar-refractivity contribution >= 4 is 38.9 Å². The van der Waals surface area contributed by atoms with E-state index in [-0.39, 0.29) is 4.90 Å². The van der Waals surface area contributed by atoms with Gasteiger partial charge < -0.3 is 0 Å². The zero-order valence-corrected chi connectivity index (χ0v) is 22.6. The molecule has 9 heteroatoms. The van der Waals surface area contributed by atoms with Gasteiger partial charge in [-0.25, -0.2) is 13.8 Å². The lowest BCUT2D eigenvalue weighted by Crippen LogP contribution is -2.40. The number of carbonyl (C=O) groups excluding carboxylic acids is 1. The van der Waals surface area contributed by atoms with E-state index in [1.54, 1.807) is 12.1 Å². The number of amides is 1. The Morgan fingerprint density at radius 2 is 1.65 bits per heavy atom. The Hall–Kier alpha value is -3.20. The van der Waals surface area contributed by atoms with Gasteiger partial charge in [0.1, 0.15) is 6.54 Å². The molecule has 0 aliphatic carbocycles. The minimum atomic E-state index is -4.02. The first-order chi connectivity index (χ1) is 17.7. The fraction of sp³-hybridized carbons (Fsp3) is 0.286. The van der Waals surface area contributed by atoms with E-state index < -0.39 is 22.5 Å². The smallest absolute Gasteiger partial charge is 0.264 e. The highest BCUT2D eigenvalue weighted by atomic mass is 35.5. The normalized spacial score (nSPS) is 14.3. The molecule has 0 radical (unpaired) electrons. The third-order valence-electron chi connectivity index (χ3n) is 6.49. The van der Waals surface area contributed by atoms with Crippen molar-refractivity contribution in [1.82, 2.24) is 10.3 Å². The monoisotopic (exact) mass is 538 g/mol. The van der Waals surface area contributed by atoms with Crippen LogP contribution in [0.4, 0.5) is 5.69 Å². The van der Waals surface area contributed by atoms with Gasteiger partial charge in [0, 0.05) is 43.2 Å². The quantitative estimate of drug-likeness (QED) is 0.413. The summed E-state index contributed by atoms with van der Waals surface area (Å²) in [5, 5.41) is 4.75. The highest BCUT2D eigenvalue weighted by Crippen LogP contribution is 2.26. The van der Waals surface area contributed by atoms with Crippen molar-refractivity contribution in [2.75, 3.05) is 23.9 Å². The second kappa shape index (κ2) is 11.9. The molecule has 0 spiro atoms. The first-order valence-electron chi connectivity index (χ1n) is 12.2. The van der Waals surface area contributed by atoms with Crippen LogP contribution in [-0.2, 0) is 21.4 Å². The summed E-state index contributed by atoms with van der Waals surface area (Å²) in [6, 6.07) is 21.5. The number of anilines is 1. The van der Waals surface area contributed by atoms with E-state index >= 15 is 0 Å². The SMILES string of the molecule is Cc1ccc(N(CC(=O)NN=C2CCN(Cc3ccccc3)CC2)S(=O)(=O)c2ccc(Cl)cc2)cc1C. The lowest BCUT2D eigenvalue weighted by Gasteiger charge is -2.27. The molecule has 0 aromatic heterocycles. The molecule has 1 heterocycles. The molecule has 0 unspecified atom stereocenters. The highest BCUT2D eigenvalue weighted by Gasteiger charge is 2.27. The Bertz CT molecular complexity index is 1370. The molecular formula is C28H31ClN4O3S. The van der Waals surface area contributed by atoms with Crippen molar-refractivity contribution in [3.63, 3.8) is 0 Å². The largest absolute Gasteiger partial charge is 0.298 e. The lowest BCUT2D eigenvalue weighted by atomic mass is 10.1. The number of nitrogens with one attached hydrogen (secondary N) is 1. The summed E-state index contributed by atoms with van der Waals surface area (Å²) in [6.07, 6.45) is 1.49. The second-order valence-corrected chi connectivity index (χ2v) is 11.5. The molecule has 0 saturated carbocycles. The van der Waals surface area contributed by atoms with E-state index in [1.165, 1.54) is 29.8 Å². The van der Waals surface area contributed by atoms with Gasteiger partial charge in [-0.15, -0.1) is 0 Å². The van der Waals surface area contributed by atoms with Crippen LogP contribution >= 0.6 is 11.6 Å². The number of halogens is 1. The Morgan fingerprint density at radius 3 is 2.30 bits per heavy atom. The summed E-state index contributed by atoms with van der Waals surface area (Å²) in [4.78, 5) is 15.3. The maximum absolute atomic E-state index is 13.5. The summed E-state index contributed by atoms with van der Waals surface area (Å²) in [7, 11) is -4.02. The first kappa shape index (κ1) is 26.9. The van der Waals surface area contributed by atoms with E-state index in [1.807, 2.05) is 38.1 Å². The maximum atomic E-state index is 13.5. The molecule has 1 saturated heterocycles. The van der Waals surface area contributed by atoms with Crippen molar-refractivity contribution in [3.05, 3.63) is 94.5 Å². The summed E-state index contributed by atoms with van der Waals surface area (Å²) in [6.45, 7) is 6.04. The van der Waals surface area contributed by atoms with Crippen LogP contribution in [0.25, 0.3) is 0 Å². The Balaban J connectivity index is 1.44. The molecule has 4 rings (SSSR count). The van der Waals surface area contributed by atoms with Crippen LogP contribution < -0.4 is 9.73 Å². The first-order valence-corrected chi connectivity index (χ1v) is 14.0. The highest BCUT2D eigenvalue weighted by molar-refractivity contribution is 7.92. The van der Waals surface area contributed by atoms with E-state index in [2.05, 4.69) is 27.6 Å². The fourth-order valence-corrected chi connectivity index (χ4v) is 5.70. The van der Waals surface area contributed by atoms with Crippen molar-refractivity contribution < 1.29 is 13.2 Å². The number of benzene rings is 3. The molecule has 0 bridgehead atoms. The zero-order valence-electron chi connectivity index (χ0n) is 21.0. The summed E-state index contributed by atoms with van der Waals surface area (Å²) < 4.78 is 28.2. The van der Waals surface area contributed by atoms with Gasteiger partial charge in [-0.3, -0.25) is 14.0 Å². The van der Waals surface area contributed by atoms with E-state index in [0.29, 0.717) is 10.7 Å². The van der Waals surface area contributed by atoms with Crippen LogP contribution in [0.2, 0.25) is 5.02 Å². The molecule has 37 heavy (non-hydrogen) atoms. The number of carbonyl (C=O) groups is 1. The topological polar surface area (TPSA) is 82.1 Å². The van der Waals surface area contributed by atoms with Crippen molar-refractivity contribution in [2.45, 2.75) is 38.1 Å². The van der Waals surface area contributed by atoms with Gasteiger partial charge in [0.25, 0.3) is 15.9 Å². The van der Waals surface area contributed by atoms with Crippen LogP contribution in [-0.4, -0.2) is 44.6 Å². The third-order valence-corrected chi connectivity index (χ3v) is 8.53. The van der Waals surface area contributed by atoms with Gasteiger partial charge >= 0.3 is 0 Å². The molecule has 1 fully saturated rings. The number of nitrogens with zero attached hydrogens (tertiary/aromatic N) is 3. The standard InChI is InChI=1S/C28H31ClN4O3S/c1-21-8-11-26(18-22(21)2)33(37(35,36)27-12-9-24(29)10-13-27)20-28(34)31-30-25-14-16-32(17-15-25)19-23-6-4-3-5-7-23/h3-13,18H,14-17,19-20H2,1-2H3,(H,31,34). The fourth-order valence-electron chi connectivity index (χ4n) is 4.16. The minimum Gasteiger partial charge on any atom is -0.298 e. The van der Waals surface area contributed by atoms with Crippen LogP contribution in [0.15, 0.2) is 82.8 Å². The Morgan fingerprint density at radius 1 is 0.973 bits per heavy atom. The molecule has 194 valence electrons. The number of rotatable bonds is 8. The van der Waals surface area contributed by atoms with Gasteiger partial charge in [-0.2, -0.15) is 5.10 Å². The molecule has 1 amide bonds. The second-order valence-electron chi connectivity index (χ2n) is 9.21. The third kappa shape index (κ3) is 6.97. The average Bonchev–Trinajstić information content (AvgIpc) is 2.89. The molecule has 0 atom stereocenters. The van der Waals surface area contributed by atoms with E-state index in [0.717, 1.165) is 53.6 Å². The Labute approximate surface area is 223 Å². The predicted octanol–water partition coefficient (Wildman–Crippen LogP) is 4.92. The number of likely N-dealkylation sites (tertiary alicyclic amines) is 1. The molecule has 7 nitrogen and oxygen atoms in total. The molecular weight excluding hydrogens is 508 g/mol.